The number of nitrogens with zero attached hydrogens (tertiary/aromatic N) is 1. The maximum atomic E-state index is 12.2. The first-order valence-electron chi connectivity index (χ1n) is 7.83. The van der Waals surface area contributed by atoms with Crippen molar-refractivity contribution in [3.63, 3.8) is 0 Å². The fraction of sp³-hybridized carbons (Fsp3) is 0.111. The highest BCUT2D eigenvalue weighted by Gasteiger charge is 2.17. The largest absolute Gasteiger partial charge is 0.454 e. The van der Waals surface area contributed by atoms with Gasteiger partial charge in [0.2, 0.25) is 19.5 Å². The number of benzene rings is 2. The maximum Gasteiger partial charge on any atom is 0.250 e. The molecule has 0 fully saturated rings. The third kappa shape index (κ3) is 2.70. The number of fused-ring (bicyclic) bond motifs is 3. The lowest BCUT2D eigenvalue weighted by Gasteiger charge is -1.98. The summed E-state index contributed by atoms with van der Waals surface area (Å²) >= 11 is 1.38. The third-order valence-electron chi connectivity index (χ3n) is 3.94. The molecule has 2 aliphatic heterocycles. The van der Waals surface area contributed by atoms with Crippen molar-refractivity contribution in [3.05, 3.63) is 42.0 Å². The summed E-state index contributed by atoms with van der Waals surface area (Å²) in [5.74, 6) is 2.49. The maximum absolute atomic E-state index is 12.2. The summed E-state index contributed by atoms with van der Waals surface area (Å²) in [5, 5.41) is 3.29. The van der Waals surface area contributed by atoms with Crippen LogP contribution in [0, 0.1) is 0 Å². The third-order valence-corrected chi connectivity index (χ3v) is 4.87. The van der Waals surface area contributed by atoms with E-state index in [1.807, 2.05) is 30.3 Å². The van der Waals surface area contributed by atoms with Gasteiger partial charge in [0.05, 0.1) is 10.2 Å². The van der Waals surface area contributed by atoms with Crippen LogP contribution in [0.3, 0.4) is 0 Å². The van der Waals surface area contributed by atoms with Crippen molar-refractivity contribution in [2.75, 3.05) is 18.9 Å². The predicted octanol–water partition coefficient (Wildman–Crippen LogP) is 3.41. The van der Waals surface area contributed by atoms with Crippen LogP contribution in [0.4, 0.5) is 5.13 Å². The van der Waals surface area contributed by atoms with Crippen LogP contribution in [0.15, 0.2) is 36.4 Å². The smallest absolute Gasteiger partial charge is 0.250 e. The minimum Gasteiger partial charge on any atom is -0.454 e. The molecule has 26 heavy (non-hydrogen) atoms. The first kappa shape index (κ1) is 15.0. The Morgan fingerprint density at radius 2 is 1.73 bits per heavy atom. The second-order valence-corrected chi connectivity index (χ2v) is 6.66. The van der Waals surface area contributed by atoms with Gasteiger partial charge < -0.3 is 18.9 Å². The molecule has 2 aliphatic rings. The number of ether oxygens (including phenoxy) is 4. The fourth-order valence-corrected chi connectivity index (χ4v) is 3.59. The summed E-state index contributed by atoms with van der Waals surface area (Å²) in [6.45, 7) is 0.445. The van der Waals surface area contributed by atoms with Crippen LogP contribution in [-0.2, 0) is 4.79 Å². The van der Waals surface area contributed by atoms with Gasteiger partial charge in [-0.2, -0.15) is 0 Å². The molecule has 3 aromatic rings. The molecule has 1 N–H and O–H groups in total. The van der Waals surface area contributed by atoms with Crippen LogP contribution in [0.2, 0.25) is 0 Å². The van der Waals surface area contributed by atoms with E-state index in [2.05, 4.69) is 10.3 Å². The minimum absolute atomic E-state index is 0.222. The van der Waals surface area contributed by atoms with Gasteiger partial charge in [-0.15, -0.1) is 0 Å². The topological polar surface area (TPSA) is 78.9 Å². The number of amides is 1. The molecule has 2 aromatic carbocycles. The number of hydrogen-bond acceptors (Lipinski definition) is 7. The number of carbonyl (C=O) groups is 1. The number of rotatable bonds is 3. The summed E-state index contributed by atoms with van der Waals surface area (Å²) < 4.78 is 22.2. The van der Waals surface area contributed by atoms with Gasteiger partial charge in [0.25, 0.3) is 0 Å². The van der Waals surface area contributed by atoms with Crippen LogP contribution >= 0.6 is 11.3 Å². The number of aromatic nitrogens is 1. The van der Waals surface area contributed by atoms with E-state index in [0.717, 1.165) is 15.8 Å². The van der Waals surface area contributed by atoms with Gasteiger partial charge in [-0.3, -0.25) is 10.1 Å². The highest BCUT2D eigenvalue weighted by atomic mass is 32.1. The van der Waals surface area contributed by atoms with Gasteiger partial charge in [0, 0.05) is 18.2 Å². The Kier molecular flexibility index (Phi) is 3.42. The van der Waals surface area contributed by atoms with Gasteiger partial charge in [0.15, 0.2) is 28.1 Å². The predicted molar refractivity (Wildman–Crippen MR) is 96.0 cm³/mol. The van der Waals surface area contributed by atoms with Crippen LogP contribution in [-0.4, -0.2) is 24.5 Å². The molecule has 0 unspecified atom stereocenters. The number of carbonyl (C=O) groups excluding carboxylic acids is 1. The molecule has 1 aromatic heterocycles. The Morgan fingerprint density at radius 1 is 1.00 bits per heavy atom. The highest BCUT2D eigenvalue weighted by Crippen LogP contribution is 2.39. The second-order valence-electron chi connectivity index (χ2n) is 5.63. The Morgan fingerprint density at radius 3 is 2.58 bits per heavy atom. The lowest BCUT2D eigenvalue weighted by Crippen LogP contribution is -2.07. The van der Waals surface area contributed by atoms with Crippen molar-refractivity contribution in [2.45, 2.75) is 0 Å². The summed E-state index contributed by atoms with van der Waals surface area (Å²) in [5.41, 5.74) is 1.61. The Hall–Kier alpha value is -3.26. The lowest BCUT2D eigenvalue weighted by atomic mass is 10.2. The number of nitrogens with one attached hydrogen (secondary N) is 1. The molecular formula is C18H12N2O5S. The Balaban J connectivity index is 1.31. The van der Waals surface area contributed by atoms with Crippen molar-refractivity contribution < 1.29 is 23.7 Å². The van der Waals surface area contributed by atoms with Gasteiger partial charge >= 0.3 is 0 Å². The van der Waals surface area contributed by atoms with Gasteiger partial charge in [0.1, 0.15) is 0 Å². The Bertz CT molecular complexity index is 1020. The standard InChI is InChI=1S/C18H12N2O5S/c21-17(4-2-10-1-3-12-13(5-10)23-8-22-12)20-18-19-11-6-14-15(25-9-24-14)7-16(11)26-18/h1-7H,8-9H2,(H,19,20,21)/b4-2-. The molecule has 0 bridgehead atoms. The van der Waals surface area contributed by atoms with E-state index in [0.29, 0.717) is 28.1 Å². The molecule has 0 radical (unpaired) electrons. The van der Waals surface area contributed by atoms with Gasteiger partial charge in [-0.25, -0.2) is 4.98 Å². The van der Waals surface area contributed by atoms with E-state index in [-0.39, 0.29) is 19.5 Å². The molecule has 8 heteroatoms. The number of hydrogen-bond donors (Lipinski definition) is 1. The summed E-state index contributed by atoms with van der Waals surface area (Å²) in [6, 6.07) is 9.18. The quantitative estimate of drug-likeness (QED) is 0.714. The van der Waals surface area contributed by atoms with E-state index in [4.69, 9.17) is 18.9 Å². The van der Waals surface area contributed by atoms with E-state index in [9.17, 15) is 4.79 Å². The molecule has 130 valence electrons. The van der Waals surface area contributed by atoms with E-state index in [1.165, 1.54) is 17.4 Å². The first-order valence-corrected chi connectivity index (χ1v) is 8.65. The first-order chi connectivity index (χ1) is 12.7. The van der Waals surface area contributed by atoms with Gasteiger partial charge in [-0.05, 0) is 23.8 Å². The van der Waals surface area contributed by atoms with E-state index < -0.39 is 0 Å². The summed E-state index contributed by atoms with van der Waals surface area (Å²) in [7, 11) is 0. The molecular weight excluding hydrogens is 356 g/mol. The monoisotopic (exact) mass is 368 g/mol. The van der Waals surface area contributed by atoms with Crippen LogP contribution < -0.4 is 24.3 Å². The van der Waals surface area contributed by atoms with Crippen molar-refractivity contribution in [1.29, 1.82) is 0 Å². The van der Waals surface area contributed by atoms with Crippen molar-refractivity contribution in [2.24, 2.45) is 0 Å². The van der Waals surface area contributed by atoms with E-state index >= 15 is 0 Å². The average molecular weight is 368 g/mol. The SMILES string of the molecule is O=C(/C=C\c1ccc2c(c1)OCO2)Nc1nc2cc3c(cc2s1)OCO3. The molecule has 0 atom stereocenters. The fourth-order valence-electron chi connectivity index (χ4n) is 2.71. The molecule has 7 nitrogen and oxygen atoms in total. The van der Waals surface area contributed by atoms with Gasteiger partial charge in [-0.1, -0.05) is 17.4 Å². The van der Waals surface area contributed by atoms with Crippen LogP contribution in [0.5, 0.6) is 23.0 Å². The highest BCUT2D eigenvalue weighted by molar-refractivity contribution is 7.22. The Labute approximate surface area is 151 Å². The summed E-state index contributed by atoms with van der Waals surface area (Å²) in [4.78, 5) is 16.6. The zero-order valence-corrected chi connectivity index (χ0v) is 14.2. The zero-order valence-electron chi connectivity index (χ0n) is 13.4. The second kappa shape index (κ2) is 5.92. The zero-order chi connectivity index (χ0) is 17.5. The van der Waals surface area contributed by atoms with Crippen molar-refractivity contribution in [3.8, 4) is 23.0 Å². The molecule has 0 saturated carbocycles. The average Bonchev–Trinajstić information content (AvgIpc) is 3.35. The van der Waals surface area contributed by atoms with E-state index in [1.54, 1.807) is 6.08 Å². The molecule has 0 saturated heterocycles. The van der Waals surface area contributed by atoms with Crippen molar-refractivity contribution in [1.82, 2.24) is 4.98 Å². The molecule has 3 heterocycles. The molecule has 5 rings (SSSR count). The van der Waals surface area contributed by atoms with Crippen LogP contribution in [0.25, 0.3) is 16.3 Å². The summed E-state index contributed by atoms with van der Waals surface area (Å²) in [6.07, 6.45) is 3.16. The molecule has 0 spiro atoms. The molecule has 0 aliphatic carbocycles. The lowest BCUT2D eigenvalue weighted by molar-refractivity contribution is -0.111. The van der Waals surface area contributed by atoms with Crippen LogP contribution in [0.1, 0.15) is 5.56 Å². The molecule has 1 amide bonds. The number of anilines is 1. The minimum atomic E-state index is -0.262. The number of thiazole rings is 1. The van der Waals surface area contributed by atoms with Crippen molar-refractivity contribution >= 4 is 38.7 Å². The normalized spacial score (nSPS) is 14.3.